The van der Waals surface area contributed by atoms with E-state index < -0.39 is 23.9 Å². The van der Waals surface area contributed by atoms with Crippen molar-refractivity contribution in [1.82, 2.24) is 10.2 Å². The van der Waals surface area contributed by atoms with Gasteiger partial charge in [0, 0.05) is 26.7 Å². The van der Waals surface area contributed by atoms with Gasteiger partial charge in [-0.15, -0.1) is 0 Å². The van der Waals surface area contributed by atoms with Crippen LogP contribution in [0.25, 0.3) is 0 Å². The third kappa shape index (κ3) is 3.21. The van der Waals surface area contributed by atoms with Gasteiger partial charge in [-0.2, -0.15) is 13.2 Å². The third-order valence-corrected chi connectivity index (χ3v) is 4.18. The summed E-state index contributed by atoms with van der Waals surface area (Å²) in [6.45, 7) is 0.206. The average molecular weight is 330 g/mol. The first-order valence-corrected chi connectivity index (χ1v) is 7.27. The fourth-order valence-corrected chi connectivity index (χ4v) is 2.96. The van der Waals surface area contributed by atoms with E-state index >= 15 is 0 Å². The SMILES string of the molecule is CN(Cc1ccc2c(c1)OCO2)C(=O)[C@@H]1CNC[C@H]1C(F)(F)F. The summed E-state index contributed by atoms with van der Waals surface area (Å²) in [5.74, 6) is -2.00. The number of hydrogen-bond acceptors (Lipinski definition) is 4. The summed E-state index contributed by atoms with van der Waals surface area (Å²) in [4.78, 5) is 13.7. The lowest BCUT2D eigenvalue weighted by Crippen LogP contribution is -2.40. The quantitative estimate of drug-likeness (QED) is 0.918. The highest BCUT2D eigenvalue weighted by molar-refractivity contribution is 5.79. The van der Waals surface area contributed by atoms with Crippen LogP contribution in [0.2, 0.25) is 0 Å². The minimum absolute atomic E-state index is 0.0501. The van der Waals surface area contributed by atoms with E-state index in [-0.39, 0.29) is 26.4 Å². The molecule has 1 aromatic rings. The molecule has 1 fully saturated rings. The lowest BCUT2D eigenvalue weighted by atomic mass is 9.94. The van der Waals surface area contributed by atoms with Crippen LogP contribution >= 0.6 is 0 Å². The Kier molecular flexibility index (Phi) is 4.09. The second-order valence-corrected chi connectivity index (χ2v) is 5.79. The first kappa shape index (κ1) is 15.9. The molecule has 1 saturated heterocycles. The van der Waals surface area contributed by atoms with Gasteiger partial charge < -0.3 is 19.7 Å². The standard InChI is InChI=1S/C15H17F3N2O3/c1-20(7-9-2-3-12-13(4-9)23-8-22-12)14(21)10-5-19-6-11(10)15(16,17)18/h2-4,10-11,19H,5-8H2,1H3/t10-,11-/m1/s1. The van der Waals surface area contributed by atoms with E-state index in [0.717, 1.165) is 5.56 Å². The number of amides is 1. The molecular formula is C15H17F3N2O3. The van der Waals surface area contributed by atoms with Crippen molar-refractivity contribution in [2.45, 2.75) is 12.7 Å². The molecule has 5 nitrogen and oxygen atoms in total. The lowest BCUT2D eigenvalue weighted by Gasteiger charge is -2.26. The van der Waals surface area contributed by atoms with E-state index in [0.29, 0.717) is 11.5 Å². The lowest BCUT2D eigenvalue weighted by molar-refractivity contribution is -0.184. The number of carbonyl (C=O) groups is 1. The molecule has 1 aromatic carbocycles. The highest BCUT2D eigenvalue weighted by atomic mass is 19.4. The Labute approximate surface area is 131 Å². The first-order valence-electron chi connectivity index (χ1n) is 7.27. The summed E-state index contributed by atoms with van der Waals surface area (Å²) in [6.07, 6.45) is -4.37. The molecule has 2 aliphatic heterocycles. The minimum Gasteiger partial charge on any atom is -0.454 e. The molecule has 0 saturated carbocycles. The summed E-state index contributed by atoms with van der Waals surface area (Å²) >= 11 is 0. The second-order valence-electron chi connectivity index (χ2n) is 5.79. The number of ether oxygens (including phenoxy) is 2. The molecule has 2 atom stereocenters. The predicted molar refractivity (Wildman–Crippen MR) is 74.9 cm³/mol. The average Bonchev–Trinajstić information content (AvgIpc) is 3.14. The van der Waals surface area contributed by atoms with Gasteiger partial charge in [0.15, 0.2) is 11.5 Å². The maximum absolute atomic E-state index is 13.0. The van der Waals surface area contributed by atoms with Gasteiger partial charge in [0.2, 0.25) is 12.7 Å². The number of nitrogens with one attached hydrogen (secondary N) is 1. The summed E-state index contributed by atoms with van der Waals surface area (Å²) < 4.78 is 49.4. The van der Waals surface area contributed by atoms with Crippen molar-refractivity contribution in [2.75, 3.05) is 26.9 Å². The van der Waals surface area contributed by atoms with E-state index in [1.54, 1.807) is 18.2 Å². The molecule has 2 aliphatic rings. The zero-order valence-corrected chi connectivity index (χ0v) is 12.5. The number of carbonyl (C=O) groups excluding carboxylic acids is 1. The molecule has 23 heavy (non-hydrogen) atoms. The van der Waals surface area contributed by atoms with Crippen LogP contribution in [0.3, 0.4) is 0 Å². The summed E-state index contributed by atoms with van der Waals surface area (Å²) in [7, 11) is 1.51. The second kappa shape index (κ2) is 5.92. The number of alkyl halides is 3. The molecule has 0 aliphatic carbocycles. The van der Waals surface area contributed by atoms with Crippen molar-refractivity contribution in [1.29, 1.82) is 0 Å². The zero-order valence-electron chi connectivity index (χ0n) is 12.5. The van der Waals surface area contributed by atoms with Crippen LogP contribution in [0, 0.1) is 11.8 Å². The number of nitrogens with zero attached hydrogens (tertiary/aromatic N) is 1. The Morgan fingerprint density at radius 2 is 2.04 bits per heavy atom. The van der Waals surface area contributed by atoms with Crippen LogP contribution in [0.1, 0.15) is 5.56 Å². The smallest absolute Gasteiger partial charge is 0.393 e. The molecular weight excluding hydrogens is 313 g/mol. The van der Waals surface area contributed by atoms with Gasteiger partial charge in [0.25, 0.3) is 0 Å². The number of benzene rings is 1. The van der Waals surface area contributed by atoms with Crippen LogP contribution < -0.4 is 14.8 Å². The fraction of sp³-hybridized carbons (Fsp3) is 0.533. The van der Waals surface area contributed by atoms with Gasteiger partial charge in [0.05, 0.1) is 11.8 Å². The van der Waals surface area contributed by atoms with Crippen molar-refractivity contribution in [3.05, 3.63) is 23.8 Å². The van der Waals surface area contributed by atoms with E-state index in [9.17, 15) is 18.0 Å². The molecule has 0 bridgehead atoms. The van der Waals surface area contributed by atoms with Gasteiger partial charge in [-0.05, 0) is 17.7 Å². The minimum atomic E-state index is -4.37. The molecule has 3 rings (SSSR count). The van der Waals surface area contributed by atoms with Crippen molar-refractivity contribution in [3.8, 4) is 11.5 Å². The highest BCUT2D eigenvalue weighted by Gasteiger charge is 2.50. The zero-order chi connectivity index (χ0) is 16.6. The van der Waals surface area contributed by atoms with Crippen LogP contribution in [0.5, 0.6) is 11.5 Å². The summed E-state index contributed by atoms with van der Waals surface area (Å²) in [5, 5.41) is 2.66. The predicted octanol–water partition coefficient (Wildman–Crippen LogP) is 1.77. The summed E-state index contributed by atoms with van der Waals surface area (Å²) in [6, 6.07) is 5.23. The van der Waals surface area contributed by atoms with E-state index in [1.807, 2.05) is 0 Å². The highest BCUT2D eigenvalue weighted by Crippen LogP contribution is 2.36. The number of halogens is 3. The molecule has 0 unspecified atom stereocenters. The van der Waals surface area contributed by atoms with Crippen LogP contribution in [0.4, 0.5) is 13.2 Å². The monoisotopic (exact) mass is 330 g/mol. The Morgan fingerprint density at radius 1 is 1.30 bits per heavy atom. The van der Waals surface area contributed by atoms with Crippen LogP contribution in [-0.2, 0) is 11.3 Å². The van der Waals surface area contributed by atoms with Crippen LogP contribution in [-0.4, -0.2) is 43.9 Å². The van der Waals surface area contributed by atoms with Gasteiger partial charge in [-0.3, -0.25) is 4.79 Å². The van der Waals surface area contributed by atoms with E-state index in [4.69, 9.17) is 9.47 Å². The Balaban J connectivity index is 1.68. The maximum Gasteiger partial charge on any atom is 0.393 e. The van der Waals surface area contributed by atoms with Gasteiger partial charge in [0.1, 0.15) is 0 Å². The van der Waals surface area contributed by atoms with E-state index in [2.05, 4.69) is 5.32 Å². The number of fused-ring (bicyclic) bond motifs is 1. The summed E-state index contributed by atoms with van der Waals surface area (Å²) in [5.41, 5.74) is 0.777. The van der Waals surface area contributed by atoms with Crippen molar-refractivity contribution in [2.24, 2.45) is 11.8 Å². The van der Waals surface area contributed by atoms with Gasteiger partial charge >= 0.3 is 6.18 Å². The molecule has 0 radical (unpaired) electrons. The molecule has 2 heterocycles. The van der Waals surface area contributed by atoms with Crippen molar-refractivity contribution in [3.63, 3.8) is 0 Å². The Morgan fingerprint density at radius 3 is 2.78 bits per heavy atom. The molecule has 1 amide bonds. The molecule has 1 N–H and O–H groups in total. The van der Waals surface area contributed by atoms with Gasteiger partial charge in [-0.25, -0.2) is 0 Å². The third-order valence-electron chi connectivity index (χ3n) is 4.18. The number of hydrogen-bond donors (Lipinski definition) is 1. The van der Waals surface area contributed by atoms with Crippen molar-refractivity contribution >= 4 is 5.91 Å². The van der Waals surface area contributed by atoms with Gasteiger partial charge in [-0.1, -0.05) is 6.07 Å². The topological polar surface area (TPSA) is 50.8 Å². The molecule has 8 heteroatoms. The molecule has 0 aromatic heterocycles. The van der Waals surface area contributed by atoms with E-state index in [1.165, 1.54) is 11.9 Å². The van der Waals surface area contributed by atoms with Crippen molar-refractivity contribution < 1.29 is 27.4 Å². The Hall–Kier alpha value is -1.96. The van der Waals surface area contributed by atoms with Crippen LogP contribution in [0.15, 0.2) is 18.2 Å². The normalized spacial score (nSPS) is 23.1. The fourth-order valence-electron chi connectivity index (χ4n) is 2.96. The molecule has 126 valence electrons. The largest absolute Gasteiger partial charge is 0.454 e. The first-order chi connectivity index (χ1) is 10.9. The molecule has 0 spiro atoms. The number of rotatable bonds is 3. The Bertz CT molecular complexity index is 606. The maximum atomic E-state index is 13.0.